The van der Waals surface area contributed by atoms with Gasteiger partial charge in [0.15, 0.2) is 0 Å². The van der Waals surface area contributed by atoms with Crippen molar-refractivity contribution in [1.29, 1.82) is 0 Å². The van der Waals surface area contributed by atoms with Crippen LogP contribution in [0.25, 0.3) is 0 Å². The number of aromatic nitrogens is 2. The van der Waals surface area contributed by atoms with E-state index in [2.05, 4.69) is 9.97 Å². The summed E-state index contributed by atoms with van der Waals surface area (Å²) in [6.45, 7) is 3.71. The normalized spacial score (nSPS) is 23.9. The Kier molecular flexibility index (Phi) is 2.21. The van der Waals surface area contributed by atoms with Crippen LogP contribution in [0.15, 0.2) is 6.20 Å². The molecule has 1 heterocycles. The Bertz CT molecular complexity index is 417. The molecule has 1 N–H and O–H groups in total. The van der Waals surface area contributed by atoms with Crippen LogP contribution in [0.5, 0.6) is 0 Å². The molecule has 15 heavy (non-hydrogen) atoms. The van der Waals surface area contributed by atoms with Crippen LogP contribution in [0.2, 0.25) is 0 Å². The van der Waals surface area contributed by atoms with E-state index >= 15 is 0 Å². The summed E-state index contributed by atoms with van der Waals surface area (Å²) in [6.07, 6.45) is 3.90. The molecule has 2 rings (SSSR count). The Balaban J connectivity index is 2.53. The molecule has 0 spiro atoms. The van der Waals surface area contributed by atoms with Crippen LogP contribution in [0.1, 0.15) is 37.4 Å². The van der Waals surface area contributed by atoms with E-state index in [1.54, 1.807) is 13.1 Å². The molecular formula is C11H14N2O2. The molecule has 4 nitrogen and oxygen atoms in total. The number of aryl methyl sites for hydroxylation is 2. The molecule has 0 amide bonds. The quantitative estimate of drug-likeness (QED) is 0.792. The number of carboxylic acid groups (broad SMARTS) is 1. The first-order valence-electron chi connectivity index (χ1n) is 5.16. The molecule has 4 heteroatoms. The predicted molar refractivity (Wildman–Crippen MR) is 54.7 cm³/mol. The lowest BCUT2D eigenvalue weighted by Crippen LogP contribution is -2.30. The second-order valence-corrected chi connectivity index (χ2v) is 4.15. The Hall–Kier alpha value is -1.45. The van der Waals surface area contributed by atoms with Crippen molar-refractivity contribution in [2.75, 3.05) is 0 Å². The van der Waals surface area contributed by atoms with E-state index in [9.17, 15) is 9.90 Å². The van der Waals surface area contributed by atoms with Gasteiger partial charge in [0.25, 0.3) is 0 Å². The summed E-state index contributed by atoms with van der Waals surface area (Å²) < 4.78 is 0. The summed E-state index contributed by atoms with van der Waals surface area (Å²) in [4.78, 5) is 19.8. The molecule has 0 saturated carbocycles. The SMILES string of the molecule is CCc1ncc2c(n1)C(C)(C(=O)O)CC2. The van der Waals surface area contributed by atoms with Crippen molar-refractivity contribution >= 4 is 5.97 Å². The van der Waals surface area contributed by atoms with Crippen molar-refractivity contribution in [1.82, 2.24) is 9.97 Å². The van der Waals surface area contributed by atoms with Gasteiger partial charge in [-0.3, -0.25) is 4.79 Å². The zero-order valence-corrected chi connectivity index (χ0v) is 8.95. The van der Waals surface area contributed by atoms with Gasteiger partial charge < -0.3 is 5.11 Å². The highest BCUT2D eigenvalue weighted by molar-refractivity contribution is 5.81. The second kappa shape index (κ2) is 3.29. The van der Waals surface area contributed by atoms with Crippen LogP contribution < -0.4 is 0 Å². The minimum absolute atomic E-state index is 0.625. The van der Waals surface area contributed by atoms with Crippen molar-refractivity contribution in [3.8, 4) is 0 Å². The molecule has 1 atom stereocenters. The first kappa shape index (κ1) is 10.1. The molecule has 0 aromatic carbocycles. The summed E-state index contributed by atoms with van der Waals surface area (Å²) in [6, 6.07) is 0. The molecule has 1 aromatic rings. The van der Waals surface area contributed by atoms with E-state index in [0.29, 0.717) is 12.1 Å². The van der Waals surface area contributed by atoms with Gasteiger partial charge in [-0.15, -0.1) is 0 Å². The second-order valence-electron chi connectivity index (χ2n) is 4.15. The zero-order valence-electron chi connectivity index (χ0n) is 8.95. The molecule has 0 radical (unpaired) electrons. The van der Waals surface area contributed by atoms with Gasteiger partial charge in [-0.05, 0) is 25.3 Å². The van der Waals surface area contributed by atoms with Crippen LogP contribution in [-0.4, -0.2) is 21.0 Å². The molecular weight excluding hydrogens is 192 g/mol. The standard InChI is InChI=1S/C11H14N2O2/c1-3-8-12-6-7-4-5-11(2,10(14)15)9(7)13-8/h6H,3-5H2,1-2H3,(H,14,15). The maximum atomic E-state index is 11.2. The minimum Gasteiger partial charge on any atom is -0.481 e. The number of hydrogen-bond donors (Lipinski definition) is 1. The van der Waals surface area contributed by atoms with Crippen molar-refractivity contribution in [3.63, 3.8) is 0 Å². The summed E-state index contributed by atoms with van der Waals surface area (Å²) in [5.41, 5.74) is 0.876. The van der Waals surface area contributed by atoms with Crippen LogP contribution in [-0.2, 0) is 23.1 Å². The van der Waals surface area contributed by atoms with Crippen LogP contribution in [0.3, 0.4) is 0 Å². The number of hydrogen-bond acceptors (Lipinski definition) is 3. The Morgan fingerprint density at radius 3 is 3.00 bits per heavy atom. The van der Waals surface area contributed by atoms with Crippen molar-refractivity contribution in [2.45, 2.75) is 38.5 Å². The fourth-order valence-electron chi connectivity index (χ4n) is 1.99. The Labute approximate surface area is 88.4 Å². The molecule has 80 valence electrons. The van der Waals surface area contributed by atoms with Crippen molar-refractivity contribution < 1.29 is 9.90 Å². The van der Waals surface area contributed by atoms with E-state index in [4.69, 9.17) is 0 Å². The largest absolute Gasteiger partial charge is 0.481 e. The van der Waals surface area contributed by atoms with Gasteiger partial charge in [-0.2, -0.15) is 0 Å². The van der Waals surface area contributed by atoms with Gasteiger partial charge in [-0.25, -0.2) is 9.97 Å². The average Bonchev–Trinajstić information content (AvgIpc) is 2.57. The summed E-state index contributed by atoms with van der Waals surface area (Å²) in [5.74, 6) is -0.0647. The number of rotatable bonds is 2. The fourth-order valence-corrected chi connectivity index (χ4v) is 1.99. The van der Waals surface area contributed by atoms with Gasteiger partial charge in [0.05, 0.1) is 5.69 Å². The third-order valence-electron chi connectivity index (χ3n) is 3.12. The fraction of sp³-hybridized carbons (Fsp3) is 0.545. The van der Waals surface area contributed by atoms with E-state index in [-0.39, 0.29) is 0 Å². The van der Waals surface area contributed by atoms with E-state index in [0.717, 1.165) is 24.2 Å². The predicted octanol–water partition coefficient (Wildman–Crippen LogP) is 1.33. The number of carboxylic acids is 1. The summed E-state index contributed by atoms with van der Waals surface area (Å²) in [5, 5.41) is 9.22. The molecule has 1 aliphatic carbocycles. The van der Waals surface area contributed by atoms with Crippen molar-refractivity contribution in [3.05, 3.63) is 23.3 Å². The van der Waals surface area contributed by atoms with Crippen LogP contribution in [0.4, 0.5) is 0 Å². The monoisotopic (exact) mass is 206 g/mol. The highest BCUT2D eigenvalue weighted by atomic mass is 16.4. The van der Waals surface area contributed by atoms with Crippen LogP contribution >= 0.6 is 0 Å². The Morgan fingerprint density at radius 1 is 1.67 bits per heavy atom. The maximum absolute atomic E-state index is 11.2. The lowest BCUT2D eigenvalue weighted by Gasteiger charge is -2.18. The lowest BCUT2D eigenvalue weighted by atomic mass is 9.88. The zero-order chi connectivity index (χ0) is 11.1. The van der Waals surface area contributed by atoms with Gasteiger partial charge in [0, 0.05) is 12.6 Å². The first-order chi connectivity index (χ1) is 7.08. The average molecular weight is 206 g/mol. The molecule has 1 unspecified atom stereocenters. The minimum atomic E-state index is -0.817. The number of carbonyl (C=O) groups is 1. The topological polar surface area (TPSA) is 63.1 Å². The molecule has 1 aromatic heterocycles. The third-order valence-corrected chi connectivity index (χ3v) is 3.12. The third kappa shape index (κ3) is 1.40. The van der Waals surface area contributed by atoms with E-state index in [1.807, 2.05) is 6.92 Å². The van der Waals surface area contributed by atoms with E-state index in [1.165, 1.54) is 0 Å². The maximum Gasteiger partial charge on any atom is 0.315 e. The van der Waals surface area contributed by atoms with Gasteiger partial charge in [0.1, 0.15) is 11.2 Å². The summed E-state index contributed by atoms with van der Waals surface area (Å²) >= 11 is 0. The smallest absolute Gasteiger partial charge is 0.315 e. The van der Waals surface area contributed by atoms with Crippen LogP contribution in [0, 0.1) is 0 Å². The highest BCUT2D eigenvalue weighted by Crippen LogP contribution is 2.37. The van der Waals surface area contributed by atoms with Gasteiger partial charge in [0.2, 0.25) is 0 Å². The number of aliphatic carboxylic acids is 1. The van der Waals surface area contributed by atoms with Crippen molar-refractivity contribution in [2.24, 2.45) is 0 Å². The molecule has 0 aliphatic heterocycles. The summed E-state index contributed by atoms with van der Waals surface area (Å²) in [7, 11) is 0. The molecule has 0 bridgehead atoms. The van der Waals surface area contributed by atoms with Gasteiger partial charge in [-0.1, -0.05) is 6.92 Å². The lowest BCUT2D eigenvalue weighted by molar-refractivity contribution is -0.143. The molecule has 1 aliphatic rings. The van der Waals surface area contributed by atoms with E-state index < -0.39 is 11.4 Å². The molecule has 0 fully saturated rings. The van der Waals surface area contributed by atoms with Gasteiger partial charge >= 0.3 is 5.97 Å². The Morgan fingerprint density at radius 2 is 2.40 bits per heavy atom. The number of nitrogens with zero attached hydrogens (tertiary/aromatic N) is 2. The number of fused-ring (bicyclic) bond motifs is 1. The first-order valence-corrected chi connectivity index (χ1v) is 5.16. The molecule has 0 saturated heterocycles. The highest BCUT2D eigenvalue weighted by Gasteiger charge is 2.43.